The van der Waals surface area contributed by atoms with E-state index in [2.05, 4.69) is 29.9 Å². The molecule has 45 heavy (non-hydrogen) atoms. The minimum atomic E-state index is -5.18. The van der Waals surface area contributed by atoms with Crippen molar-refractivity contribution in [1.82, 2.24) is 39.0 Å². The number of nitrogens with zero attached hydrogens (tertiary/aromatic N) is 7. The number of nitrogens with one attached hydrogen (secondary N) is 1. The molecule has 0 radical (unpaired) electrons. The van der Waals surface area contributed by atoms with Gasteiger partial charge in [-0.1, -0.05) is 0 Å². The molecule has 3 saturated heterocycles. The van der Waals surface area contributed by atoms with E-state index in [9.17, 15) is 23.7 Å². The summed E-state index contributed by atoms with van der Waals surface area (Å²) < 4.78 is 91.3. The number of rotatable bonds is 2. The Morgan fingerprint density at radius 1 is 0.844 bits per heavy atom. The Hall–Kier alpha value is -3.50. The molecule has 0 aliphatic carbocycles. The number of halogens is 2. The third-order valence-electron chi connectivity index (χ3n) is 7.23. The van der Waals surface area contributed by atoms with Crippen LogP contribution in [0, 0.1) is 0 Å². The Balaban J connectivity index is 1.17. The smallest absolute Gasteiger partial charge is 0.382 e. The van der Waals surface area contributed by atoms with Crippen LogP contribution in [0.25, 0.3) is 22.3 Å². The molecule has 4 aromatic heterocycles. The van der Waals surface area contributed by atoms with Crippen LogP contribution in [-0.2, 0) is 36.7 Å². The van der Waals surface area contributed by atoms with Crippen LogP contribution >= 0.6 is 15.6 Å². The second kappa shape index (κ2) is 10.8. The van der Waals surface area contributed by atoms with E-state index in [-0.39, 0.29) is 34.1 Å². The SMILES string of the molecule is Nc1nc2c(ncn2C2OC3COP(=O)(O)O[C@@H]4[C@H](COP(=O)(O)O[C@H]3[C@H]2F)OC(n2cnc3c(N)ncnc32)[C@@H]4F)c(=O)[nH]1. The third-order valence-corrected chi connectivity index (χ3v) is 9.20. The summed E-state index contributed by atoms with van der Waals surface area (Å²) in [6, 6.07) is 0. The van der Waals surface area contributed by atoms with Crippen molar-refractivity contribution >= 4 is 49.7 Å². The predicted octanol–water partition coefficient (Wildman–Crippen LogP) is -0.387. The Kier molecular flexibility index (Phi) is 7.24. The molecule has 3 aliphatic rings. The van der Waals surface area contributed by atoms with Crippen LogP contribution in [0.1, 0.15) is 12.5 Å². The number of anilines is 2. The number of aromatic amines is 1. The molecule has 3 fully saturated rings. The summed E-state index contributed by atoms with van der Waals surface area (Å²) in [5, 5.41) is 0. The summed E-state index contributed by atoms with van der Waals surface area (Å²) in [5.74, 6) is -0.332. The number of phosphoric acid groups is 2. The number of ether oxygens (including phenoxy) is 2. The number of phosphoric ester groups is 2. The van der Waals surface area contributed by atoms with Crippen LogP contribution in [0.15, 0.2) is 23.8 Å². The van der Waals surface area contributed by atoms with Crippen molar-refractivity contribution < 1.29 is 55.3 Å². The summed E-state index contributed by atoms with van der Waals surface area (Å²) in [7, 11) is -10.3. The van der Waals surface area contributed by atoms with Gasteiger partial charge in [0.15, 0.2) is 47.4 Å². The van der Waals surface area contributed by atoms with Crippen molar-refractivity contribution in [3.63, 3.8) is 0 Å². The molecule has 7 heterocycles. The minimum absolute atomic E-state index is 0.0127. The van der Waals surface area contributed by atoms with Crippen molar-refractivity contribution in [1.29, 1.82) is 0 Å². The van der Waals surface area contributed by atoms with Gasteiger partial charge in [0, 0.05) is 0 Å². The molecule has 4 aromatic rings. The molecule has 0 aromatic carbocycles. The second-order valence-electron chi connectivity index (χ2n) is 10.0. The Morgan fingerprint density at radius 3 is 1.96 bits per heavy atom. The van der Waals surface area contributed by atoms with Gasteiger partial charge in [-0.05, 0) is 0 Å². The van der Waals surface area contributed by atoms with Crippen LogP contribution in [0.2, 0.25) is 0 Å². The van der Waals surface area contributed by atoms with Crippen LogP contribution < -0.4 is 17.0 Å². The molecule has 3 aliphatic heterocycles. The van der Waals surface area contributed by atoms with E-state index in [4.69, 9.17) is 39.0 Å². The second-order valence-corrected chi connectivity index (χ2v) is 12.9. The molecular weight excluding hydrogens is 656 g/mol. The Bertz CT molecular complexity index is 1940. The van der Waals surface area contributed by atoms with Crippen molar-refractivity contribution in [2.75, 3.05) is 24.7 Å². The van der Waals surface area contributed by atoms with Gasteiger partial charge in [0.05, 0.1) is 25.9 Å². The lowest BCUT2D eigenvalue weighted by Crippen LogP contribution is -2.37. The van der Waals surface area contributed by atoms with Gasteiger partial charge >= 0.3 is 15.6 Å². The molecule has 10 atom stereocenters. The lowest BCUT2D eigenvalue weighted by Gasteiger charge is -2.27. The highest BCUT2D eigenvalue weighted by Gasteiger charge is 2.55. The van der Waals surface area contributed by atoms with E-state index in [1.54, 1.807) is 0 Å². The van der Waals surface area contributed by atoms with Gasteiger partial charge < -0.3 is 30.7 Å². The fraction of sp³-hybridized carbons (Fsp3) is 0.500. The maximum absolute atomic E-state index is 15.9. The maximum Gasteiger partial charge on any atom is 0.472 e. The van der Waals surface area contributed by atoms with Crippen LogP contribution in [0.3, 0.4) is 0 Å². The highest BCUT2D eigenvalue weighted by Crippen LogP contribution is 2.54. The van der Waals surface area contributed by atoms with Crippen LogP contribution in [0.4, 0.5) is 20.5 Å². The van der Waals surface area contributed by atoms with Gasteiger partial charge in [0.1, 0.15) is 36.3 Å². The van der Waals surface area contributed by atoms with E-state index in [0.29, 0.717) is 0 Å². The monoisotopic (exact) mass is 678 g/mol. The third kappa shape index (κ3) is 5.29. The summed E-state index contributed by atoms with van der Waals surface area (Å²) in [6.45, 7) is -1.89. The maximum atomic E-state index is 15.9. The summed E-state index contributed by atoms with van der Waals surface area (Å²) in [5.41, 5.74) is 10.4. The average molecular weight is 678 g/mol. The largest absolute Gasteiger partial charge is 0.472 e. The number of hydrogen-bond acceptors (Lipinski definition) is 16. The van der Waals surface area contributed by atoms with E-state index in [1.807, 2.05) is 0 Å². The van der Waals surface area contributed by atoms with Gasteiger partial charge in [-0.15, -0.1) is 0 Å². The number of nitrogen functional groups attached to an aromatic ring is 2. The molecule has 0 saturated carbocycles. The zero-order chi connectivity index (χ0) is 31.8. The molecule has 25 heteroatoms. The molecule has 7 N–H and O–H groups in total. The first kappa shape index (κ1) is 30.2. The van der Waals surface area contributed by atoms with Gasteiger partial charge in [-0.25, -0.2) is 37.8 Å². The van der Waals surface area contributed by atoms with E-state index < -0.39 is 83.6 Å². The van der Waals surface area contributed by atoms with Crippen molar-refractivity contribution in [2.24, 2.45) is 0 Å². The van der Waals surface area contributed by atoms with Gasteiger partial charge in [0.25, 0.3) is 5.56 Å². The first-order valence-electron chi connectivity index (χ1n) is 12.9. The van der Waals surface area contributed by atoms with Crippen molar-refractivity contribution in [3.8, 4) is 0 Å². The van der Waals surface area contributed by atoms with Crippen LogP contribution in [-0.4, -0.2) is 98.8 Å². The zero-order valence-corrected chi connectivity index (χ0v) is 24.1. The quantitative estimate of drug-likeness (QED) is 0.169. The van der Waals surface area contributed by atoms with Crippen molar-refractivity contribution in [3.05, 3.63) is 29.3 Å². The normalized spacial score (nSPS) is 37.7. The first-order valence-corrected chi connectivity index (χ1v) is 15.9. The molecule has 21 nitrogen and oxygen atoms in total. The number of nitrogens with two attached hydrogens (primary N) is 2. The number of aromatic nitrogens is 8. The zero-order valence-electron chi connectivity index (χ0n) is 22.3. The fourth-order valence-electron chi connectivity index (χ4n) is 5.25. The molecule has 242 valence electrons. The van der Waals surface area contributed by atoms with E-state index in [1.165, 1.54) is 0 Å². The van der Waals surface area contributed by atoms with E-state index in [0.717, 1.165) is 28.1 Å². The molecule has 0 amide bonds. The van der Waals surface area contributed by atoms with Crippen molar-refractivity contribution in [2.45, 2.75) is 49.2 Å². The fourth-order valence-corrected chi connectivity index (χ4v) is 7.16. The number of fused-ring (bicyclic) bond motifs is 4. The van der Waals surface area contributed by atoms with Crippen LogP contribution in [0.5, 0.6) is 0 Å². The Labute approximate surface area is 247 Å². The van der Waals surface area contributed by atoms with Gasteiger partial charge in [-0.3, -0.25) is 37.0 Å². The molecule has 0 spiro atoms. The lowest BCUT2D eigenvalue weighted by molar-refractivity contribution is -0.0662. The number of hydrogen-bond donors (Lipinski definition) is 5. The molecule has 7 rings (SSSR count). The molecule has 0 bridgehead atoms. The number of alkyl halides is 2. The molecular formula is C20H22F2N10O11P2. The minimum Gasteiger partial charge on any atom is -0.382 e. The number of imidazole rings is 2. The summed E-state index contributed by atoms with van der Waals surface area (Å²) in [6.07, 6.45) is -11.7. The lowest BCUT2D eigenvalue weighted by atomic mass is 10.1. The molecule has 5 unspecified atom stereocenters. The summed E-state index contributed by atoms with van der Waals surface area (Å²) >= 11 is 0. The topological polar surface area (TPSA) is 289 Å². The average Bonchev–Trinajstić information content (AvgIpc) is 3.72. The predicted molar refractivity (Wildman–Crippen MR) is 141 cm³/mol. The number of H-pyrrole nitrogens is 1. The van der Waals surface area contributed by atoms with Gasteiger partial charge in [-0.2, -0.15) is 4.98 Å². The standard InChI is InChI=1S/C20H22F2N10O11P2/c21-8-12-6(40-18(8)31-4-27-10-14(23)25-3-26-15(10)31)1-38-45(36,37)43-13-7(2-39-44(34,35)42-12)41-19(9(13)22)32-5-28-11-16(32)29-20(24)30-17(11)33/h3-9,12-13,18-19H,1-2H2,(H,34,35)(H,36,37)(H2,23,25,26)(H3,24,29,30,33)/t6-,7?,8+,9+,12+,13+,18?,19?/m0/s1. The van der Waals surface area contributed by atoms with E-state index >= 15 is 8.78 Å². The highest BCUT2D eigenvalue weighted by molar-refractivity contribution is 7.47. The Morgan fingerprint density at radius 2 is 1.38 bits per heavy atom. The first-order chi connectivity index (χ1) is 21.3. The highest BCUT2D eigenvalue weighted by atomic mass is 31.2. The van der Waals surface area contributed by atoms with Gasteiger partial charge in [0.2, 0.25) is 5.95 Å². The summed E-state index contributed by atoms with van der Waals surface area (Å²) in [4.78, 5) is 55.0.